The van der Waals surface area contributed by atoms with Gasteiger partial charge in [-0.2, -0.15) is 0 Å². The van der Waals surface area contributed by atoms with Crippen LogP contribution in [0.5, 0.6) is 0 Å². The fourth-order valence-electron chi connectivity index (χ4n) is 3.24. The zero-order valence-corrected chi connectivity index (χ0v) is 14.2. The lowest BCUT2D eigenvalue weighted by atomic mass is 9.94. The van der Waals surface area contributed by atoms with Gasteiger partial charge >= 0.3 is 0 Å². The topological polar surface area (TPSA) is 50.4 Å². The Kier molecular flexibility index (Phi) is 8.60. The third-order valence-corrected chi connectivity index (χ3v) is 4.73. The van der Waals surface area contributed by atoms with Crippen molar-refractivity contribution in [1.82, 2.24) is 10.6 Å². The van der Waals surface area contributed by atoms with Crippen molar-refractivity contribution >= 4 is 18.3 Å². The van der Waals surface area contributed by atoms with Crippen molar-refractivity contribution in [2.75, 3.05) is 13.1 Å². The summed E-state index contributed by atoms with van der Waals surface area (Å²) in [5, 5.41) is 6.54. The lowest BCUT2D eigenvalue weighted by molar-refractivity contribution is -0.139. The molecular formula is C16H31ClN2O2. The van der Waals surface area contributed by atoms with Crippen molar-refractivity contribution in [3.8, 4) is 0 Å². The second kappa shape index (κ2) is 9.65. The summed E-state index contributed by atoms with van der Waals surface area (Å²) in [7, 11) is 0. The number of hydrogen-bond donors (Lipinski definition) is 2. The van der Waals surface area contributed by atoms with Gasteiger partial charge in [0.15, 0.2) is 0 Å². The number of amides is 1. The molecule has 5 heteroatoms. The second-order valence-electron chi connectivity index (χ2n) is 6.38. The Balaban J connectivity index is 0.00000220. The molecule has 2 N–H and O–H groups in total. The highest BCUT2D eigenvalue weighted by Gasteiger charge is 2.28. The fraction of sp³-hybridized carbons (Fsp3) is 0.938. The number of nitrogens with one attached hydrogen (secondary N) is 2. The van der Waals surface area contributed by atoms with Gasteiger partial charge in [0.2, 0.25) is 5.91 Å². The first-order valence-electron chi connectivity index (χ1n) is 8.37. The number of rotatable bonds is 5. The summed E-state index contributed by atoms with van der Waals surface area (Å²) in [4.78, 5) is 12.4. The molecule has 4 nitrogen and oxygen atoms in total. The highest BCUT2D eigenvalue weighted by Crippen LogP contribution is 2.22. The molecule has 2 fully saturated rings. The van der Waals surface area contributed by atoms with Gasteiger partial charge in [0.1, 0.15) is 6.10 Å². The van der Waals surface area contributed by atoms with Crippen molar-refractivity contribution in [2.24, 2.45) is 5.92 Å². The molecule has 0 aromatic carbocycles. The molecule has 1 heterocycles. The van der Waals surface area contributed by atoms with Gasteiger partial charge in [-0.25, -0.2) is 0 Å². The van der Waals surface area contributed by atoms with E-state index in [1.807, 2.05) is 6.92 Å². The van der Waals surface area contributed by atoms with Gasteiger partial charge in [-0.1, -0.05) is 33.1 Å². The molecule has 0 aromatic heterocycles. The maximum atomic E-state index is 12.4. The maximum absolute atomic E-state index is 12.4. The van der Waals surface area contributed by atoms with Crippen molar-refractivity contribution in [1.29, 1.82) is 0 Å². The largest absolute Gasteiger partial charge is 0.365 e. The Morgan fingerprint density at radius 3 is 2.62 bits per heavy atom. The molecule has 2 rings (SSSR count). The van der Waals surface area contributed by atoms with E-state index in [1.165, 1.54) is 19.3 Å². The van der Waals surface area contributed by atoms with E-state index < -0.39 is 0 Å². The summed E-state index contributed by atoms with van der Waals surface area (Å²) < 4.78 is 6.05. The van der Waals surface area contributed by atoms with E-state index >= 15 is 0 Å². The monoisotopic (exact) mass is 318 g/mol. The average molecular weight is 319 g/mol. The molecule has 21 heavy (non-hydrogen) atoms. The lowest BCUT2D eigenvalue weighted by Crippen LogP contribution is -2.53. The van der Waals surface area contributed by atoms with Crippen LogP contribution < -0.4 is 10.6 Å². The van der Waals surface area contributed by atoms with Gasteiger partial charge in [-0.15, -0.1) is 12.4 Å². The van der Waals surface area contributed by atoms with E-state index in [0.717, 1.165) is 38.8 Å². The zero-order valence-electron chi connectivity index (χ0n) is 13.4. The van der Waals surface area contributed by atoms with Crippen molar-refractivity contribution in [3.63, 3.8) is 0 Å². The number of ether oxygens (including phenoxy) is 1. The number of halogens is 1. The highest BCUT2D eigenvalue weighted by atomic mass is 35.5. The summed E-state index contributed by atoms with van der Waals surface area (Å²) in [6.07, 6.45) is 7.94. The highest BCUT2D eigenvalue weighted by molar-refractivity contribution is 5.85. The summed E-state index contributed by atoms with van der Waals surface area (Å²) in [6.45, 7) is 6.19. The molecule has 1 saturated carbocycles. The van der Waals surface area contributed by atoms with E-state index in [4.69, 9.17) is 4.74 Å². The number of piperidine rings is 1. The SMILES string of the molecule is CCC(OC1CCCCC1)C(=O)NC1CNCCC1C.Cl. The van der Waals surface area contributed by atoms with Crippen LogP contribution in [0.2, 0.25) is 0 Å². The molecule has 0 spiro atoms. The number of carbonyl (C=O) groups excluding carboxylic acids is 1. The van der Waals surface area contributed by atoms with Crippen LogP contribution in [0.3, 0.4) is 0 Å². The molecule has 1 aliphatic heterocycles. The third kappa shape index (κ3) is 5.76. The summed E-state index contributed by atoms with van der Waals surface area (Å²) >= 11 is 0. The molecule has 0 bridgehead atoms. The van der Waals surface area contributed by atoms with Crippen LogP contribution in [-0.4, -0.2) is 37.2 Å². The molecular weight excluding hydrogens is 288 g/mol. The Hall–Kier alpha value is -0.320. The minimum absolute atomic E-state index is 0. The molecule has 1 saturated heterocycles. The van der Waals surface area contributed by atoms with E-state index in [9.17, 15) is 4.79 Å². The molecule has 1 aliphatic carbocycles. The van der Waals surface area contributed by atoms with Crippen molar-refractivity contribution in [2.45, 2.75) is 77.0 Å². The third-order valence-electron chi connectivity index (χ3n) is 4.73. The molecule has 2 aliphatic rings. The van der Waals surface area contributed by atoms with E-state index in [1.54, 1.807) is 0 Å². The lowest BCUT2D eigenvalue weighted by Gasteiger charge is -2.32. The van der Waals surface area contributed by atoms with Crippen LogP contribution in [0, 0.1) is 5.92 Å². The second-order valence-corrected chi connectivity index (χ2v) is 6.38. The van der Waals surface area contributed by atoms with Crippen LogP contribution >= 0.6 is 12.4 Å². The standard InChI is InChI=1S/C16H30N2O2.ClH/c1-3-15(20-13-7-5-4-6-8-13)16(19)18-14-11-17-10-9-12(14)2;/h12-15,17H,3-11H2,1-2H3,(H,18,19);1H. The Labute approximate surface area is 135 Å². The first kappa shape index (κ1) is 18.7. The molecule has 3 unspecified atom stereocenters. The van der Waals surface area contributed by atoms with Crippen LogP contribution in [-0.2, 0) is 9.53 Å². The first-order chi connectivity index (χ1) is 9.70. The molecule has 3 atom stereocenters. The Bertz CT molecular complexity index is 309. The molecule has 124 valence electrons. The Morgan fingerprint density at radius 1 is 1.29 bits per heavy atom. The van der Waals surface area contributed by atoms with Gasteiger partial charge in [0.05, 0.1) is 6.10 Å². The number of hydrogen-bond acceptors (Lipinski definition) is 3. The fourth-order valence-corrected chi connectivity index (χ4v) is 3.24. The molecule has 1 amide bonds. The average Bonchev–Trinajstić information content (AvgIpc) is 2.48. The van der Waals surface area contributed by atoms with Gasteiger partial charge < -0.3 is 15.4 Å². The Morgan fingerprint density at radius 2 is 2.00 bits per heavy atom. The maximum Gasteiger partial charge on any atom is 0.249 e. The van der Waals surface area contributed by atoms with Gasteiger partial charge in [-0.3, -0.25) is 4.79 Å². The summed E-state index contributed by atoms with van der Waals surface area (Å²) in [5.41, 5.74) is 0. The molecule has 0 radical (unpaired) electrons. The molecule has 0 aromatic rings. The predicted molar refractivity (Wildman–Crippen MR) is 87.9 cm³/mol. The van der Waals surface area contributed by atoms with Crippen LogP contribution in [0.15, 0.2) is 0 Å². The number of carbonyl (C=O) groups is 1. The smallest absolute Gasteiger partial charge is 0.249 e. The van der Waals surface area contributed by atoms with Crippen molar-refractivity contribution < 1.29 is 9.53 Å². The van der Waals surface area contributed by atoms with Gasteiger partial charge in [0.25, 0.3) is 0 Å². The normalized spacial score (nSPS) is 28.5. The van der Waals surface area contributed by atoms with E-state index in [0.29, 0.717) is 12.0 Å². The summed E-state index contributed by atoms with van der Waals surface area (Å²) in [6, 6.07) is 0.250. The van der Waals surface area contributed by atoms with Gasteiger partial charge in [0, 0.05) is 12.6 Å². The zero-order chi connectivity index (χ0) is 14.4. The van der Waals surface area contributed by atoms with Crippen LogP contribution in [0.1, 0.15) is 58.8 Å². The minimum atomic E-state index is -0.271. The quantitative estimate of drug-likeness (QED) is 0.819. The van der Waals surface area contributed by atoms with Crippen LogP contribution in [0.4, 0.5) is 0 Å². The minimum Gasteiger partial charge on any atom is -0.365 e. The summed E-state index contributed by atoms with van der Waals surface area (Å²) in [5.74, 6) is 0.631. The van der Waals surface area contributed by atoms with Crippen molar-refractivity contribution in [3.05, 3.63) is 0 Å². The van der Waals surface area contributed by atoms with E-state index in [-0.39, 0.29) is 30.5 Å². The first-order valence-corrected chi connectivity index (χ1v) is 8.37. The van der Waals surface area contributed by atoms with Crippen LogP contribution in [0.25, 0.3) is 0 Å². The van der Waals surface area contributed by atoms with E-state index in [2.05, 4.69) is 17.6 Å². The predicted octanol–water partition coefficient (Wildman–Crippen LogP) is 2.65. The van der Waals surface area contributed by atoms with Gasteiger partial charge in [-0.05, 0) is 38.1 Å².